The van der Waals surface area contributed by atoms with Gasteiger partial charge in [-0.15, -0.1) is 0 Å². The van der Waals surface area contributed by atoms with E-state index in [1.807, 2.05) is 65.5 Å². The summed E-state index contributed by atoms with van der Waals surface area (Å²) in [4.78, 5) is 12.7. The van der Waals surface area contributed by atoms with E-state index in [-0.39, 0.29) is 5.91 Å². The molecule has 1 N–H and O–H groups in total. The number of carbonyl (C=O) groups excluding carboxylic acids is 1. The van der Waals surface area contributed by atoms with Crippen molar-refractivity contribution in [2.45, 2.75) is 13.1 Å². The van der Waals surface area contributed by atoms with E-state index in [4.69, 9.17) is 0 Å². The van der Waals surface area contributed by atoms with Crippen molar-refractivity contribution in [3.05, 3.63) is 126 Å². The van der Waals surface area contributed by atoms with E-state index in [1.165, 1.54) is 5.56 Å². The number of rotatable bonds is 7. The van der Waals surface area contributed by atoms with Crippen molar-refractivity contribution in [3.8, 4) is 16.8 Å². The molecule has 2 aromatic heterocycles. The summed E-state index contributed by atoms with van der Waals surface area (Å²) in [7, 11) is 0. The SMILES string of the molecule is O=C(NCc1ccccc1-c1ccc(Cn2cccn2)cc1)c1ccn(-c2ccccc2)n1. The van der Waals surface area contributed by atoms with Gasteiger partial charge in [0, 0.05) is 25.1 Å². The molecule has 0 unspecified atom stereocenters. The third-order valence-electron chi connectivity index (χ3n) is 5.47. The molecule has 0 aliphatic rings. The molecular formula is C27H23N5O. The van der Waals surface area contributed by atoms with Crippen LogP contribution in [0.5, 0.6) is 0 Å². The number of aromatic nitrogens is 4. The summed E-state index contributed by atoms with van der Waals surface area (Å²) in [6, 6.07) is 30.0. The van der Waals surface area contributed by atoms with Crippen LogP contribution < -0.4 is 5.32 Å². The molecule has 3 aromatic carbocycles. The molecule has 0 atom stereocenters. The maximum atomic E-state index is 12.7. The van der Waals surface area contributed by atoms with Crippen LogP contribution in [0.4, 0.5) is 0 Å². The van der Waals surface area contributed by atoms with Crippen molar-refractivity contribution < 1.29 is 4.79 Å². The third-order valence-corrected chi connectivity index (χ3v) is 5.47. The molecule has 0 aliphatic heterocycles. The van der Waals surface area contributed by atoms with Crippen LogP contribution in [0, 0.1) is 0 Å². The van der Waals surface area contributed by atoms with Crippen LogP contribution in [0.25, 0.3) is 16.8 Å². The van der Waals surface area contributed by atoms with Gasteiger partial charge >= 0.3 is 0 Å². The van der Waals surface area contributed by atoms with Crippen molar-refractivity contribution in [3.63, 3.8) is 0 Å². The summed E-state index contributed by atoms with van der Waals surface area (Å²) in [6.07, 6.45) is 5.53. The zero-order valence-corrected chi connectivity index (χ0v) is 18.0. The molecule has 0 aliphatic carbocycles. The fraction of sp³-hybridized carbons (Fsp3) is 0.0741. The lowest BCUT2D eigenvalue weighted by molar-refractivity contribution is 0.0945. The average molecular weight is 434 g/mol. The van der Waals surface area contributed by atoms with Crippen LogP contribution in [0.15, 0.2) is 110 Å². The molecule has 0 radical (unpaired) electrons. The number of hydrogen-bond donors (Lipinski definition) is 1. The molecule has 0 bridgehead atoms. The first kappa shape index (κ1) is 20.5. The molecule has 33 heavy (non-hydrogen) atoms. The van der Waals surface area contributed by atoms with E-state index in [1.54, 1.807) is 23.1 Å². The van der Waals surface area contributed by atoms with E-state index in [0.717, 1.165) is 28.9 Å². The standard InChI is InChI=1S/C27H23N5O/c33-27(26-15-18-32(30-26)24-8-2-1-3-9-24)28-19-23-7-4-5-10-25(23)22-13-11-21(12-14-22)20-31-17-6-16-29-31/h1-18H,19-20H2,(H,28,33). The van der Waals surface area contributed by atoms with Gasteiger partial charge in [-0.3, -0.25) is 9.48 Å². The molecule has 0 spiro atoms. The van der Waals surface area contributed by atoms with E-state index in [2.05, 4.69) is 45.8 Å². The number of amides is 1. The fourth-order valence-corrected chi connectivity index (χ4v) is 3.76. The molecule has 0 fully saturated rings. The van der Waals surface area contributed by atoms with Gasteiger partial charge in [-0.1, -0.05) is 66.7 Å². The normalized spacial score (nSPS) is 10.8. The van der Waals surface area contributed by atoms with Gasteiger partial charge in [-0.05, 0) is 46.5 Å². The zero-order valence-electron chi connectivity index (χ0n) is 18.0. The lowest BCUT2D eigenvalue weighted by Gasteiger charge is -2.11. The highest BCUT2D eigenvalue weighted by Gasteiger charge is 2.12. The van der Waals surface area contributed by atoms with Crippen LogP contribution in [0.3, 0.4) is 0 Å². The second-order valence-electron chi connectivity index (χ2n) is 7.72. The molecule has 5 aromatic rings. The number of nitrogens with zero attached hydrogens (tertiary/aromatic N) is 4. The highest BCUT2D eigenvalue weighted by atomic mass is 16.1. The largest absolute Gasteiger partial charge is 0.347 e. The molecule has 0 saturated carbocycles. The van der Waals surface area contributed by atoms with Crippen LogP contribution in [-0.2, 0) is 13.1 Å². The first-order valence-electron chi connectivity index (χ1n) is 10.8. The van der Waals surface area contributed by atoms with Crippen LogP contribution in [0.1, 0.15) is 21.6 Å². The summed E-state index contributed by atoms with van der Waals surface area (Å²) in [5.74, 6) is -0.200. The molecule has 2 heterocycles. The molecule has 5 rings (SSSR count). The predicted octanol–water partition coefficient (Wildman–Crippen LogP) is 4.71. The first-order chi connectivity index (χ1) is 16.3. The topological polar surface area (TPSA) is 64.7 Å². The molecule has 1 amide bonds. The first-order valence-corrected chi connectivity index (χ1v) is 10.8. The Balaban J connectivity index is 1.28. The number of carbonyl (C=O) groups is 1. The van der Waals surface area contributed by atoms with Gasteiger partial charge in [-0.2, -0.15) is 10.2 Å². The van der Waals surface area contributed by atoms with Gasteiger partial charge in [0.1, 0.15) is 0 Å². The molecule has 0 saturated heterocycles. The molecule has 162 valence electrons. The van der Waals surface area contributed by atoms with Crippen molar-refractivity contribution in [1.29, 1.82) is 0 Å². The summed E-state index contributed by atoms with van der Waals surface area (Å²) >= 11 is 0. The number of para-hydroxylation sites is 1. The quantitative estimate of drug-likeness (QED) is 0.404. The summed E-state index contributed by atoms with van der Waals surface area (Å²) in [6.45, 7) is 1.16. The molecule has 6 nitrogen and oxygen atoms in total. The molecule has 6 heteroatoms. The zero-order chi connectivity index (χ0) is 22.5. The van der Waals surface area contributed by atoms with E-state index in [0.29, 0.717) is 12.2 Å². The lowest BCUT2D eigenvalue weighted by Crippen LogP contribution is -2.23. The Hall–Kier alpha value is -4.45. The monoisotopic (exact) mass is 433 g/mol. The maximum absolute atomic E-state index is 12.7. The van der Waals surface area contributed by atoms with Gasteiger partial charge in [0.05, 0.1) is 12.2 Å². The smallest absolute Gasteiger partial charge is 0.272 e. The Labute approximate surface area is 192 Å². The van der Waals surface area contributed by atoms with Gasteiger partial charge < -0.3 is 5.32 Å². The summed E-state index contributed by atoms with van der Waals surface area (Å²) in [5, 5.41) is 11.7. The van der Waals surface area contributed by atoms with Crippen molar-refractivity contribution >= 4 is 5.91 Å². The van der Waals surface area contributed by atoms with Gasteiger partial charge in [-0.25, -0.2) is 4.68 Å². The summed E-state index contributed by atoms with van der Waals surface area (Å²) < 4.78 is 3.60. The van der Waals surface area contributed by atoms with Crippen LogP contribution in [-0.4, -0.2) is 25.5 Å². The lowest BCUT2D eigenvalue weighted by atomic mass is 9.98. The van der Waals surface area contributed by atoms with Gasteiger partial charge in [0.25, 0.3) is 5.91 Å². The minimum absolute atomic E-state index is 0.200. The Morgan fingerprint density at radius 2 is 1.61 bits per heavy atom. The highest BCUT2D eigenvalue weighted by molar-refractivity contribution is 5.92. The van der Waals surface area contributed by atoms with Crippen LogP contribution in [0.2, 0.25) is 0 Å². The highest BCUT2D eigenvalue weighted by Crippen LogP contribution is 2.24. The second-order valence-corrected chi connectivity index (χ2v) is 7.72. The van der Waals surface area contributed by atoms with E-state index in [9.17, 15) is 4.79 Å². The minimum atomic E-state index is -0.200. The van der Waals surface area contributed by atoms with Gasteiger partial charge in [0.2, 0.25) is 0 Å². The Bertz CT molecular complexity index is 1340. The number of nitrogens with one attached hydrogen (secondary N) is 1. The number of hydrogen-bond acceptors (Lipinski definition) is 3. The van der Waals surface area contributed by atoms with Crippen molar-refractivity contribution in [2.75, 3.05) is 0 Å². The van der Waals surface area contributed by atoms with Crippen molar-refractivity contribution in [2.24, 2.45) is 0 Å². The predicted molar refractivity (Wildman–Crippen MR) is 128 cm³/mol. The fourth-order valence-electron chi connectivity index (χ4n) is 3.76. The second kappa shape index (κ2) is 9.36. The number of benzene rings is 3. The molecular weight excluding hydrogens is 410 g/mol. The summed E-state index contributed by atoms with van der Waals surface area (Å²) in [5.41, 5.74) is 5.74. The Morgan fingerprint density at radius 3 is 2.39 bits per heavy atom. The maximum Gasteiger partial charge on any atom is 0.272 e. The Kier molecular flexibility index (Phi) is 5.80. The van der Waals surface area contributed by atoms with Gasteiger partial charge in [0.15, 0.2) is 5.69 Å². The Morgan fingerprint density at radius 1 is 0.818 bits per heavy atom. The van der Waals surface area contributed by atoms with Crippen LogP contribution >= 0.6 is 0 Å². The van der Waals surface area contributed by atoms with Crippen molar-refractivity contribution in [1.82, 2.24) is 24.9 Å². The van der Waals surface area contributed by atoms with E-state index >= 15 is 0 Å². The van der Waals surface area contributed by atoms with E-state index < -0.39 is 0 Å². The average Bonchev–Trinajstić information content (AvgIpc) is 3.57. The third kappa shape index (κ3) is 4.75. The minimum Gasteiger partial charge on any atom is -0.347 e.